The number of nitro benzene ring substituents is 1. The summed E-state index contributed by atoms with van der Waals surface area (Å²) in [5.74, 6) is -0.197. The molecule has 1 amide bonds. The van der Waals surface area contributed by atoms with Gasteiger partial charge in [0.15, 0.2) is 0 Å². The number of benzene rings is 1. The van der Waals surface area contributed by atoms with Gasteiger partial charge in [-0.05, 0) is 25.3 Å². The van der Waals surface area contributed by atoms with Gasteiger partial charge in [0.2, 0.25) is 15.9 Å². The van der Waals surface area contributed by atoms with Crippen molar-refractivity contribution in [3.63, 3.8) is 0 Å². The molecule has 0 spiro atoms. The van der Waals surface area contributed by atoms with Gasteiger partial charge in [0, 0.05) is 18.2 Å². The molecule has 27 heavy (non-hydrogen) atoms. The molecule has 2 unspecified atom stereocenters. The van der Waals surface area contributed by atoms with E-state index < -0.39 is 26.9 Å². The van der Waals surface area contributed by atoms with Crippen molar-refractivity contribution in [3.05, 3.63) is 28.3 Å². The SMILES string of the molecule is CCC(C(=O)NC(C)C(C)C)N(c1cc([N+](=O)[O-])ccc1OC)S(C)(=O)=O. The Labute approximate surface area is 159 Å². The van der Waals surface area contributed by atoms with Crippen LogP contribution in [0.25, 0.3) is 0 Å². The molecule has 9 nitrogen and oxygen atoms in total. The van der Waals surface area contributed by atoms with Crippen LogP contribution in [0.15, 0.2) is 18.2 Å². The summed E-state index contributed by atoms with van der Waals surface area (Å²) in [7, 11) is -2.61. The number of nitro groups is 1. The van der Waals surface area contributed by atoms with Gasteiger partial charge in [-0.25, -0.2) is 8.42 Å². The zero-order valence-corrected chi connectivity index (χ0v) is 17.2. The molecule has 152 valence electrons. The second-order valence-electron chi connectivity index (χ2n) is 6.64. The first-order valence-electron chi connectivity index (χ1n) is 8.56. The van der Waals surface area contributed by atoms with E-state index in [0.717, 1.165) is 16.6 Å². The van der Waals surface area contributed by atoms with Crippen molar-refractivity contribution in [1.82, 2.24) is 5.32 Å². The van der Waals surface area contributed by atoms with Crippen LogP contribution in [0.1, 0.15) is 34.1 Å². The third-order valence-electron chi connectivity index (χ3n) is 4.31. The normalized spacial score (nSPS) is 13.7. The number of methoxy groups -OCH3 is 1. The summed E-state index contributed by atoms with van der Waals surface area (Å²) in [5, 5.41) is 13.9. The number of carbonyl (C=O) groups excluding carboxylic acids is 1. The molecular formula is C17H27N3O6S. The minimum absolute atomic E-state index is 0.0478. The molecule has 0 radical (unpaired) electrons. The topological polar surface area (TPSA) is 119 Å². The fraction of sp³-hybridized carbons (Fsp3) is 0.588. The lowest BCUT2D eigenvalue weighted by molar-refractivity contribution is -0.384. The Bertz CT molecular complexity index is 794. The molecule has 2 atom stereocenters. The van der Waals surface area contributed by atoms with Gasteiger partial charge in [-0.2, -0.15) is 0 Å². The van der Waals surface area contributed by atoms with Crippen LogP contribution >= 0.6 is 0 Å². The number of carbonyl (C=O) groups is 1. The molecule has 10 heteroatoms. The van der Waals surface area contributed by atoms with E-state index >= 15 is 0 Å². The van der Waals surface area contributed by atoms with Gasteiger partial charge in [0.1, 0.15) is 17.5 Å². The zero-order chi connectivity index (χ0) is 20.9. The van der Waals surface area contributed by atoms with Gasteiger partial charge in [0.05, 0.1) is 18.3 Å². The highest BCUT2D eigenvalue weighted by atomic mass is 32.2. The van der Waals surface area contributed by atoms with Crippen LogP contribution in [-0.2, 0) is 14.8 Å². The van der Waals surface area contributed by atoms with Gasteiger partial charge in [-0.15, -0.1) is 0 Å². The third-order valence-corrected chi connectivity index (χ3v) is 5.48. The molecule has 0 aliphatic heterocycles. The molecular weight excluding hydrogens is 374 g/mol. The molecule has 0 aliphatic rings. The molecule has 1 aromatic carbocycles. The van der Waals surface area contributed by atoms with E-state index in [1.807, 2.05) is 20.8 Å². The fourth-order valence-electron chi connectivity index (χ4n) is 2.49. The van der Waals surface area contributed by atoms with Crippen LogP contribution in [0, 0.1) is 16.0 Å². The molecule has 0 heterocycles. The Kier molecular flexibility index (Phi) is 7.58. The summed E-state index contributed by atoms with van der Waals surface area (Å²) < 4.78 is 31.1. The Hall–Kier alpha value is -2.36. The van der Waals surface area contributed by atoms with Crippen LogP contribution in [0.5, 0.6) is 5.75 Å². The molecule has 1 aromatic rings. The molecule has 0 saturated heterocycles. The van der Waals surface area contributed by atoms with Gasteiger partial charge >= 0.3 is 0 Å². The summed E-state index contributed by atoms with van der Waals surface area (Å²) in [6, 6.07) is 2.39. The van der Waals surface area contributed by atoms with Crippen LogP contribution in [0.2, 0.25) is 0 Å². The van der Waals surface area contributed by atoms with E-state index in [1.165, 1.54) is 19.2 Å². The van der Waals surface area contributed by atoms with E-state index in [1.54, 1.807) is 6.92 Å². The lowest BCUT2D eigenvalue weighted by Gasteiger charge is -2.32. The first kappa shape index (κ1) is 22.7. The van der Waals surface area contributed by atoms with Crippen molar-refractivity contribution in [1.29, 1.82) is 0 Å². The van der Waals surface area contributed by atoms with E-state index in [9.17, 15) is 23.3 Å². The number of hydrogen-bond acceptors (Lipinski definition) is 6. The molecule has 0 aliphatic carbocycles. The molecule has 0 aromatic heterocycles. The molecule has 0 saturated carbocycles. The monoisotopic (exact) mass is 401 g/mol. The molecule has 1 N–H and O–H groups in total. The average molecular weight is 401 g/mol. The highest BCUT2D eigenvalue weighted by molar-refractivity contribution is 7.92. The maximum Gasteiger partial charge on any atom is 0.271 e. The molecule has 0 fully saturated rings. The maximum absolute atomic E-state index is 12.8. The van der Waals surface area contributed by atoms with Gasteiger partial charge in [-0.1, -0.05) is 20.8 Å². The van der Waals surface area contributed by atoms with Crippen molar-refractivity contribution in [2.45, 2.75) is 46.2 Å². The van der Waals surface area contributed by atoms with Crippen LogP contribution < -0.4 is 14.4 Å². The predicted octanol–water partition coefficient (Wildman–Crippen LogP) is 2.31. The first-order chi connectivity index (χ1) is 12.4. The first-order valence-corrected chi connectivity index (χ1v) is 10.4. The fourth-order valence-corrected chi connectivity index (χ4v) is 3.69. The highest BCUT2D eigenvalue weighted by Crippen LogP contribution is 2.35. The highest BCUT2D eigenvalue weighted by Gasteiger charge is 2.35. The van der Waals surface area contributed by atoms with Crippen molar-refractivity contribution in [3.8, 4) is 5.75 Å². The van der Waals surface area contributed by atoms with E-state index in [2.05, 4.69) is 5.32 Å². The lowest BCUT2D eigenvalue weighted by Crippen LogP contribution is -2.52. The standard InChI is InChI=1S/C17H27N3O6S/c1-7-14(17(21)18-12(4)11(2)3)19(27(6,24)25)15-10-13(20(22)23)8-9-16(15)26-5/h8-12,14H,7H2,1-6H3,(H,18,21). The van der Waals surface area contributed by atoms with E-state index in [4.69, 9.17) is 4.74 Å². The van der Waals surface area contributed by atoms with Crippen molar-refractivity contribution in [2.75, 3.05) is 17.7 Å². The number of sulfonamides is 1. The Balaban J connectivity index is 3.51. The van der Waals surface area contributed by atoms with Crippen LogP contribution in [-0.4, -0.2) is 44.7 Å². The van der Waals surface area contributed by atoms with Gasteiger partial charge in [0.25, 0.3) is 5.69 Å². The van der Waals surface area contributed by atoms with Crippen LogP contribution in [0.4, 0.5) is 11.4 Å². The van der Waals surface area contributed by atoms with Gasteiger partial charge in [-0.3, -0.25) is 19.2 Å². The summed E-state index contributed by atoms with van der Waals surface area (Å²) >= 11 is 0. The Morgan fingerprint density at radius 2 is 1.93 bits per heavy atom. The van der Waals surface area contributed by atoms with Gasteiger partial charge < -0.3 is 10.1 Å². The zero-order valence-electron chi connectivity index (χ0n) is 16.4. The van der Waals surface area contributed by atoms with Crippen molar-refractivity contribution < 1.29 is 22.9 Å². The minimum Gasteiger partial charge on any atom is -0.495 e. The van der Waals surface area contributed by atoms with E-state index in [-0.39, 0.29) is 35.5 Å². The number of amides is 1. The molecule has 0 bridgehead atoms. The van der Waals surface area contributed by atoms with E-state index in [0.29, 0.717) is 0 Å². The Morgan fingerprint density at radius 1 is 1.33 bits per heavy atom. The van der Waals surface area contributed by atoms with Crippen LogP contribution in [0.3, 0.4) is 0 Å². The number of non-ortho nitro benzene ring substituents is 1. The summed E-state index contributed by atoms with van der Waals surface area (Å²) in [5.41, 5.74) is -0.348. The molecule has 1 rings (SSSR count). The van der Waals surface area contributed by atoms with Crippen molar-refractivity contribution in [2.24, 2.45) is 5.92 Å². The predicted molar refractivity (Wildman–Crippen MR) is 103 cm³/mol. The number of nitrogens with zero attached hydrogens (tertiary/aromatic N) is 2. The number of ether oxygens (including phenoxy) is 1. The lowest BCUT2D eigenvalue weighted by atomic mass is 10.1. The summed E-state index contributed by atoms with van der Waals surface area (Å²) in [4.78, 5) is 23.3. The largest absolute Gasteiger partial charge is 0.495 e. The minimum atomic E-state index is -3.94. The number of hydrogen-bond donors (Lipinski definition) is 1. The summed E-state index contributed by atoms with van der Waals surface area (Å²) in [6.45, 7) is 7.37. The average Bonchev–Trinajstić information content (AvgIpc) is 2.57. The van der Waals surface area contributed by atoms with Crippen molar-refractivity contribution >= 4 is 27.3 Å². The summed E-state index contributed by atoms with van der Waals surface area (Å²) in [6.07, 6.45) is 1.13. The third kappa shape index (κ3) is 5.56. The maximum atomic E-state index is 12.8. The second-order valence-corrected chi connectivity index (χ2v) is 8.50. The Morgan fingerprint density at radius 3 is 2.33 bits per heavy atom. The number of nitrogens with one attached hydrogen (secondary N) is 1. The number of anilines is 1. The number of rotatable bonds is 9. The second kappa shape index (κ2) is 9.03. The quantitative estimate of drug-likeness (QED) is 0.501. The smallest absolute Gasteiger partial charge is 0.271 e.